The molecule has 0 amide bonds. The number of ether oxygens (including phenoxy) is 5. The van der Waals surface area contributed by atoms with Crippen LogP contribution >= 0.6 is 0 Å². The molecular weight excluding hydrogens is 689 g/mol. The maximum Gasteiger partial charge on any atom is 0.203 e. The molecule has 312 valence electrons. The molecule has 7 nitrogen and oxygen atoms in total. The van der Waals surface area contributed by atoms with Crippen LogP contribution in [0.1, 0.15) is 198 Å². The highest BCUT2D eigenvalue weighted by atomic mass is 16.5. The van der Waals surface area contributed by atoms with Gasteiger partial charge in [-0.15, -0.1) is 0 Å². The second-order valence-corrected chi connectivity index (χ2v) is 15.0. The van der Waals surface area contributed by atoms with Crippen LogP contribution in [-0.4, -0.2) is 44.4 Å². The van der Waals surface area contributed by atoms with E-state index in [4.69, 9.17) is 23.7 Å². The molecular formula is C48H78O7. The molecule has 0 spiro atoms. The van der Waals surface area contributed by atoms with Gasteiger partial charge in [0.2, 0.25) is 5.75 Å². The number of carbonyl (C=O) groups excluding carboxylic acids is 1. The molecule has 0 fully saturated rings. The Morgan fingerprint density at radius 2 is 0.836 bits per heavy atom. The van der Waals surface area contributed by atoms with Gasteiger partial charge >= 0.3 is 0 Å². The Bertz CT molecular complexity index is 1260. The predicted molar refractivity (Wildman–Crippen MR) is 230 cm³/mol. The van der Waals surface area contributed by atoms with Crippen LogP contribution in [0, 0.1) is 0 Å². The number of benzene rings is 2. The smallest absolute Gasteiger partial charge is 0.203 e. The number of hydrogen-bond donors (Lipinski definition) is 1. The van der Waals surface area contributed by atoms with Crippen molar-refractivity contribution in [2.45, 2.75) is 182 Å². The van der Waals surface area contributed by atoms with E-state index in [0.717, 1.165) is 51.4 Å². The highest BCUT2D eigenvalue weighted by Crippen LogP contribution is 2.41. The highest BCUT2D eigenvalue weighted by Gasteiger charge is 2.19. The third kappa shape index (κ3) is 20.9. The number of hydrogen-bond acceptors (Lipinski definition) is 7. The summed E-state index contributed by atoms with van der Waals surface area (Å²) in [6.45, 7) is 11.1. The number of unbranched alkanes of at least 4 members (excludes halogenated alkanes) is 20. The second-order valence-electron chi connectivity index (χ2n) is 15.0. The van der Waals surface area contributed by atoms with Crippen molar-refractivity contribution in [3.8, 4) is 28.7 Å². The molecule has 0 radical (unpaired) electrons. The fourth-order valence-corrected chi connectivity index (χ4v) is 6.56. The number of rotatable bonds is 36. The van der Waals surface area contributed by atoms with E-state index in [9.17, 15) is 9.90 Å². The Morgan fingerprint density at radius 1 is 0.473 bits per heavy atom. The van der Waals surface area contributed by atoms with E-state index in [-0.39, 0.29) is 11.5 Å². The topological polar surface area (TPSA) is 83.5 Å². The summed E-state index contributed by atoms with van der Waals surface area (Å²) in [4.78, 5) is 13.5. The summed E-state index contributed by atoms with van der Waals surface area (Å²) in [7, 11) is 1.57. The molecule has 0 aliphatic carbocycles. The van der Waals surface area contributed by atoms with E-state index >= 15 is 0 Å². The maximum absolute atomic E-state index is 13.5. The van der Waals surface area contributed by atoms with Gasteiger partial charge in [0.25, 0.3) is 0 Å². The van der Waals surface area contributed by atoms with Gasteiger partial charge in [0.1, 0.15) is 5.76 Å². The van der Waals surface area contributed by atoms with Crippen molar-refractivity contribution < 1.29 is 33.6 Å². The van der Waals surface area contributed by atoms with E-state index in [0.29, 0.717) is 66.3 Å². The number of methoxy groups -OCH3 is 1. The Hall–Kier alpha value is -3.35. The molecule has 0 unspecified atom stereocenters. The van der Waals surface area contributed by atoms with Crippen molar-refractivity contribution in [3.05, 3.63) is 47.5 Å². The lowest BCUT2D eigenvalue weighted by Crippen LogP contribution is -2.07. The molecule has 7 heteroatoms. The minimum atomic E-state index is -0.342. The molecule has 2 rings (SSSR count). The summed E-state index contributed by atoms with van der Waals surface area (Å²) >= 11 is 0. The largest absolute Gasteiger partial charge is 0.507 e. The number of ketones is 1. The molecule has 0 heterocycles. The first-order chi connectivity index (χ1) is 27.0. The van der Waals surface area contributed by atoms with Crippen molar-refractivity contribution >= 4 is 11.5 Å². The molecule has 2 aromatic rings. The Kier molecular flexibility index (Phi) is 27.6. The SMILES string of the molecule is CCCCCCCCOc1ccc(C(=O)/C=C(\O)c2cc(OCCCCCCCC)c(OCCCCCCCC)c(OCCCCCCCC)c2)cc1OC. The van der Waals surface area contributed by atoms with Crippen LogP contribution in [0.3, 0.4) is 0 Å². The number of carbonyl (C=O) groups is 1. The lowest BCUT2D eigenvalue weighted by molar-refractivity contribution is 0.104. The van der Waals surface area contributed by atoms with E-state index < -0.39 is 0 Å². The molecule has 0 bridgehead atoms. The average Bonchev–Trinajstić information content (AvgIpc) is 3.19. The lowest BCUT2D eigenvalue weighted by Gasteiger charge is -2.19. The summed E-state index contributed by atoms with van der Waals surface area (Å²) in [6.07, 6.45) is 29.2. The lowest BCUT2D eigenvalue weighted by atomic mass is 10.1. The Labute approximate surface area is 335 Å². The fourth-order valence-electron chi connectivity index (χ4n) is 6.56. The first-order valence-corrected chi connectivity index (χ1v) is 22.3. The average molecular weight is 767 g/mol. The van der Waals surface area contributed by atoms with Crippen molar-refractivity contribution in [2.75, 3.05) is 33.5 Å². The van der Waals surface area contributed by atoms with Crippen molar-refractivity contribution in [3.63, 3.8) is 0 Å². The van der Waals surface area contributed by atoms with Gasteiger partial charge in [-0.3, -0.25) is 4.79 Å². The summed E-state index contributed by atoms with van der Waals surface area (Å²) in [5, 5.41) is 11.4. The van der Waals surface area contributed by atoms with Crippen LogP contribution in [0.2, 0.25) is 0 Å². The van der Waals surface area contributed by atoms with Crippen LogP contribution in [0.25, 0.3) is 5.76 Å². The van der Waals surface area contributed by atoms with Gasteiger partial charge in [-0.2, -0.15) is 0 Å². The summed E-state index contributed by atoms with van der Waals surface area (Å²) < 4.78 is 30.8. The van der Waals surface area contributed by atoms with E-state index in [2.05, 4.69) is 27.7 Å². The standard InChI is InChI=1S/C48H78O7/c1-6-10-14-18-22-26-32-52-44-31-30-40(36-45(44)51-5)42(49)39-43(50)41-37-46(53-33-27-23-19-15-11-7-2)48(55-35-29-25-21-17-13-9-4)47(38-41)54-34-28-24-20-16-12-8-3/h30-31,36-39,50H,6-29,32-35H2,1-5H3/b43-39-. The molecule has 0 aliphatic rings. The van der Waals surface area contributed by atoms with E-state index in [1.165, 1.54) is 109 Å². The van der Waals surface area contributed by atoms with Crippen LogP contribution < -0.4 is 23.7 Å². The summed E-state index contributed by atoms with van der Waals surface area (Å²) in [6, 6.07) is 8.72. The monoisotopic (exact) mass is 767 g/mol. The first kappa shape index (κ1) is 47.8. The van der Waals surface area contributed by atoms with Gasteiger partial charge < -0.3 is 28.8 Å². The van der Waals surface area contributed by atoms with Crippen LogP contribution in [-0.2, 0) is 0 Å². The van der Waals surface area contributed by atoms with E-state index in [1.54, 1.807) is 37.4 Å². The maximum atomic E-state index is 13.5. The minimum Gasteiger partial charge on any atom is -0.507 e. The third-order valence-electron chi connectivity index (χ3n) is 10.0. The zero-order chi connectivity index (χ0) is 39.8. The van der Waals surface area contributed by atoms with Crippen molar-refractivity contribution in [1.82, 2.24) is 0 Å². The molecule has 0 saturated carbocycles. The molecule has 55 heavy (non-hydrogen) atoms. The fraction of sp³-hybridized carbons (Fsp3) is 0.688. The molecule has 0 aliphatic heterocycles. The number of aliphatic hydroxyl groups excluding tert-OH is 1. The zero-order valence-electron chi connectivity index (χ0n) is 35.7. The molecule has 0 saturated heterocycles. The summed E-state index contributed by atoms with van der Waals surface area (Å²) in [5.41, 5.74) is 0.843. The predicted octanol–water partition coefficient (Wildman–Crippen LogP) is 14.4. The number of aliphatic hydroxyl groups is 1. The van der Waals surface area contributed by atoms with Crippen LogP contribution in [0.15, 0.2) is 36.4 Å². The van der Waals surface area contributed by atoms with Gasteiger partial charge in [-0.05, 0) is 56.0 Å². The zero-order valence-corrected chi connectivity index (χ0v) is 35.7. The van der Waals surface area contributed by atoms with Gasteiger partial charge in [0.15, 0.2) is 28.8 Å². The third-order valence-corrected chi connectivity index (χ3v) is 10.0. The first-order valence-electron chi connectivity index (χ1n) is 22.3. The Balaban J connectivity index is 2.29. The molecule has 0 atom stereocenters. The minimum absolute atomic E-state index is 0.163. The molecule has 1 N–H and O–H groups in total. The molecule has 2 aromatic carbocycles. The van der Waals surface area contributed by atoms with Crippen LogP contribution in [0.5, 0.6) is 28.7 Å². The van der Waals surface area contributed by atoms with E-state index in [1.807, 2.05) is 0 Å². The highest BCUT2D eigenvalue weighted by molar-refractivity contribution is 6.08. The Morgan fingerprint density at radius 3 is 1.25 bits per heavy atom. The second kappa shape index (κ2) is 31.8. The van der Waals surface area contributed by atoms with Crippen molar-refractivity contribution in [2.24, 2.45) is 0 Å². The quantitative estimate of drug-likeness (QED) is 0.0320. The van der Waals surface area contributed by atoms with Gasteiger partial charge in [-0.25, -0.2) is 0 Å². The summed E-state index contributed by atoms with van der Waals surface area (Å²) in [5.74, 6) is 2.25. The molecule has 0 aromatic heterocycles. The number of allylic oxidation sites excluding steroid dienone is 1. The van der Waals surface area contributed by atoms with Crippen LogP contribution in [0.4, 0.5) is 0 Å². The van der Waals surface area contributed by atoms with Gasteiger partial charge in [0, 0.05) is 17.2 Å². The van der Waals surface area contributed by atoms with Gasteiger partial charge in [0.05, 0.1) is 33.5 Å². The normalized spacial score (nSPS) is 11.5. The van der Waals surface area contributed by atoms with Crippen molar-refractivity contribution in [1.29, 1.82) is 0 Å². The van der Waals surface area contributed by atoms with Gasteiger partial charge in [-0.1, -0.05) is 156 Å².